The molecule has 3 aromatic rings. The van der Waals surface area contributed by atoms with Crippen LogP contribution in [0.1, 0.15) is 89.9 Å². The van der Waals surface area contributed by atoms with Crippen molar-refractivity contribution in [1.82, 2.24) is 30.3 Å². The highest BCUT2D eigenvalue weighted by atomic mass is 32.1. The van der Waals surface area contributed by atoms with Crippen LogP contribution in [0.5, 0.6) is 0 Å². The van der Waals surface area contributed by atoms with Crippen LogP contribution in [0.4, 0.5) is 5.69 Å². The van der Waals surface area contributed by atoms with E-state index in [0.717, 1.165) is 34.7 Å². The Morgan fingerprint density at radius 2 is 1.59 bits per heavy atom. The van der Waals surface area contributed by atoms with Gasteiger partial charge in [0.25, 0.3) is 0 Å². The second kappa shape index (κ2) is 25.2. The van der Waals surface area contributed by atoms with E-state index in [2.05, 4.69) is 38.0 Å². The fraction of sp³-hybridized carbons (Fsp3) is 0.580. The Hall–Kier alpha value is -4.63. The lowest BCUT2D eigenvalue weighted by Gasteiger charge is -2.39. The number of nitrogens with one attached hydrogen (secondary N) is 3. The molecule has 1 aliphatic heterocycles. The molecule has 2 aromatic carbocycles. The Bertz CT molecular complexity index is 1940. The predicted octanol–water partition coefficient (Wildman–Crippen LogP) is 6.77. The normalized spacial score (nSPS) is 17.7. The summed E-state index contributed by atoms with van der Waals surface area (Å²) in [5.74, 6) is -1.58. The summed E-state index contributed by atoms with van der Waals surface area (Å²) in [5, 5.41) is 12.3. The van der Waals surface area contributed by atoms with Gasteiger partial charge < -0.3 is 35.2 Å². The number of methoxy groups -OCH3 is 2. The topological polar surface area (TPSA) is 145 Å². The molecule has 14 heteroatoms. The highest BCUT2D eigenvalue weighted by Crippen LogP contribution is 2.30. The van der Waals surface area contributed by atoms with Gasteiger partial charge in [0.05, 0.1) is 48.7 Å². The first-order valence-electron chi connectivity index (χ1n) is 22.8. The Balaban J connectivity index is 1.47. The second-order valence-electron chi connectivity index (χ2n) is 17.9. The first kappa shape index (κ1) is 52.0. The van der Waals surface area contributed by atoms with Crippen LogP contribution >= 0.6 is 11.3 Å². The average Bonchev–Trinajstić information content (AvgIpc) is 4.01. The lowest BCUT2D eigenvalue weighted by atomic mass is 9.93. The summed E-state index contributed by atoms with van der Waals surface area (Å²) in [4.78, 5) is 67.2. The molecule has 2 heterocycles. The average molecular weight is 902 g/mol. The molecule has 13 nitrogen and oxygen atoms in total. The Morgan fingerprint density at radius 1 is 0.906 bits per heavy atom. The van der Waals surface area contributed by atoms with E-state index in [1.165, 1.54) is 16.9 Å². The van der Waals surface area contributed by atoms with Crippen molar-refractivity contribution in [3.05, 3.63) is 94.0 Å². The lowest BCUT2D eigenvalue weighted by Crippen LogP contribution is -2.59. The number of hydrogen-bond acceptors (Lipinski definition) is 10. The quantitative estimate of drug-likeness (QED) is 0.0831. The first-order chi connectivity index (χ1) is 30.6. The predicted molar refractivity (Wildman–Crippen MR) is 257 cm³/mol. The van der Waals surface area contributed by atoms with Gasteiger partial charge in [-0.3, -0.25) is 24.1 Å². The molecular weight excluding hydrogens is 827 g/mol. The van der Waals surface area contributed by atoms with Gasteiger partial charge in [0, 0.05) is 58.7 Å². The molecule has 0 bridgehead atoms. The van der Waals surface area contributed by atoms with Crippen LogP contribution < -0.4 is 16.0 Å². The smallest absolute Gasteiger partial charge is 0.245 e. The summed E-state index contributed by atoms with van der Waals surface area (Å²) in [6, 6.07) is 15.8. The van der Waals surface area contributed by atoms with Crippen molar-refractivity contribution >= 4 is 40.7 Å². The lowest BCUT2D eigenvalue weighted by molar-refractivity contribution is -0.145. The van der Waals surface area contributed by atoms with Crippen molar-refractivity contribution in [2.45, 2.75) is 123 Å². The van der Waals surface area contributed by atoms with E-state index in [-0.39, 0.29) is 54.0 Å². The van der Waals surface area contributed by atoms with Crippen LogP contribution in [0.3, 0.4) is 0 Å². The van der Waals surface area contributed by atoms with Crippen molar-refractivity contribution in [2.75, 3.05) is 53.8 Å². The number of amides is 4. The third kappa shape index (κ3) is 13.7. The molecule has 352 valence electrons. The molecule has 4 rings (SSSR count). The molecule has 1 aromatic heterocycles. The minimum Gasteiger partial charge on any atom is -0.388 e. The van der Waals surface area contributed by atoms with Crippen molar-refractivity contribution in [1.29, 1.82) is 0 Å². The van der Waals surface area contributed by atoms with Gasteiger partial charge in [-0.2, -0.15) is 0 Å². The van der Waals surface area contributed by atoms with Crippen LogP contribution in [0.15, 0.2) is 77.8 Å². The third-order valence-electron chi connectivity index (χ3n) is 12.8. The summed E-state index contributed by atoms with van der Waals surface area (Å²) >= 11 is 1.50. The van der Waals surface area contributed by atoms with Gasteiger partial charge in [-0.05, 0) is 81.7 Å². The summed E-state index contributed by atoms with van der Waals surface area (Å²) in [6.45, 7) is 14.8. The van der Waals surface area contributed by atoms with Gasteiger partial charge in [0.2, 0.25) is 23.6 Å². The molecule has 8 atom stereocenters. The van der Waals surface area contributed by atoms with Crippen LogP contribution in [0.25, 0.3) is 0 Å². The molecule has 0 saturated carbocycles. The molecule has 0 aliphatic carbocycles. The highest BCUT2D eigenvalue weighted by Gasteiger charge is 2.43. The van der Waals surface area contributed by atoms with Gasteiger partial charge in [-0.1, -0.05) is 88.7 Å². The maximum absolute atomic E-state index is 14.6. The van der Waals surface area contributed by atoms with Crippen molar-refractivity contribution in [3.8, 4) is 0 Å². The number of nitrogens with zero attached hydrogens (tertiary/aromatic N) is 4. The van der Waals surface area contributed by atoms with E-state index in [0.29, 0.717) is 25.9 Å². The first-order valence-corrected chi connectivity index (χ1v) is 23.7. The van der Waals surface area contributed by atoms with Crippen molar-refractivity contribution in [2.24, 2.45) is 17.8 Å². The molecule has 0 unspecified atom stereocenters. The van der Waals surface area contributed by atoms with Crippen LogP contribution in [-0.2, 0) is 41.5 Å². The van der Waals surface area contributed by atoms with Gasteiger partial charge in [-0.15, -0.1) is 11.3 Å². The number of aromatic nitrogens is 1. The number of anilines is 1. The SMILES string of the molecule is C/C=C(/C)[C@@H]([C@@H](CC(=O)N1CCC[C@H]1[C@H](OC)[C@@H](C)C(=O)N[C@@H](Cc1ccccc1)c1nccs1)OC)N(C)C(=O)[C@@H](NC(=O)[C@H](C(C)C)N(C)CCc1ccc(NC)cc1)C(C)C. The number of benzene rings is 2. The zero-order chi connectivity index (χ0) is 47.1. The molecule has 0 radical (unpaired) electrons. The number of likely N-dealkylation sites (tertiary alicyclic amines) is 1. The monoisotopic (exact) mass is 902 g/mol. The van der Waals surface area contributed by atoms with Crippen LogP contribution in [0.2, 0.25) is 0 Å². The van der Waals surface area contributed by atoms with Gasteiger partial charge in [0.1, 0.15) is 11.0 Å². The van der Waals surface area contributed by atoms with E-state index in [4.69, 9.17) is 9.47 Å². The summed E-state index contributed by atoms with van der Waals surface area (Å²) in [7, 11) is 8.73. The Kier molecular flexibility index (Phi) is 20.4. The number of carbonyl (C=O) groups excluding carboxylic acids is 4. The summed E-state index contributed by atoms with van der Waals surface area (Å²) in [5.41, 5.74) is 4.16. The number of rotatable bonds is 24. The van der Waals surface area contributed by atoms with E-state index in [9.17, 15) is 19.2 Å². The second-order valence-corrected chi connectivity index (χ2v) is 18.8. The summed E-state index contributed by atoms with van der Waals surface area (Å²) in [6.07, 6.45) is 5.22. The van der Waals surface area contributed by atoms with Crippen LogP contribution in [0, 0.1) is 17.8 Å². The van der Waals surface area contributed by atoms with Gasteiger partial charge in [0.15, 0.2) is 0 Å². The molecular formula is C50H75N7O6S. The number of ether oxygens (including phenoxy) is 2. The largest absolute Gasteiger partial charge is 0.388 e. The van der Waals surface area contributed by atoms with Crippen LogP contribution in [-0.4, -0.2) is 128 Å². The number of likely N-dealkylation sites (N-methyl/N-ethyl adjacent to an activating group) is 2. The van der Waals surface area contributed by atoms with Crippen molar-refractivity contribution < 1.29 is 28.7 Å². The molecule has 4 amide bonds. The zero-order valence-corrected chi connectivity index (χ0v) is 41.1. The standard InChI is InChI=1S/C50H75N7O6S/c1-13-34(6)45(56(10)50(61)43(32(2)3)54-48(60)44(33(4)5)55(9)28-25-36-21-23-38(51-8)24-22-36)41(62-11)31-42(58)57-27-17-20-40(57)46(63-12)35(7)47(59)53-39(49-52-26-29-64-49)30-37-18-15-14-16-19-37/h13-16,18-19,21-24,26,29,32-33,35,39-41,43-46,51H,17,20,25,27-28,30-31H2,1-12H3,(H,53,59)(H,54,60)/b34-13-/t35-,39+,40+,41-,43+,44+,45+,46-/m1/s1. The highest BCUT2D eigenvalue weighted by molar-refractivity contribution is 7.09. The molecule has 1 fully saturated rings. The molecule has 1 aliphatic rings. The summed E-state index contributed by atoms with van der Waals surface area (Å²) < 4.78 is 12.2. The van der Waals surface area contributed by atoms with Gasteiger partial charge >= 0.3 is 0 Å². The van der Waals surface area contributed by atoms with Gasteiger partial charge in [-0.25, -0.2) is 4.98 Å². The maximum Gasteiger partial charge on any atom is 0.245 e. The fourth-order valence-electron chi connectivity index (χ4n) is 9.08. The number of hydrogen-bond donors (Lipinski definition) is 3. The number of carbonyl (C=O) groups is 4. The Labute approximate surface area is 386 Å². The van der Waals surface area contributed by atoms with E-state index < -0.39 is 36.3 Å². The molecule has 64 heavy (non-hydrogen) atoms. The zero-order valence-electron chi connectivity index (χ0n) is 40.3. The molecule has 0 spiro atoms. The third-order valence-corrected chi connectivity index (χ3v) is 13.7. The minimum atomic E-state index is -0.817. The number of thiazole rings is 1. The van der Waals surface area contributed by atoms with E-state index in [1.54, 1.807) is 32.4 Å². The minimum absolute atomic E-state index is 0.00270. The van der Waals surface area contributed by atoms with Crippen molar-refractivity contribution in [3.63, 3.8) is 0 Å². The fourth-order valence-corrected chi connectivity index (χ4v) is 9.77. The Morgan fingerprint density at radius 3 is 2.16 bits per heavy atom. The maximum atomic E-state index is 14.6. The number of allylic oxidation sites excluding steroid dienone is 1. The van der Waals surface area contributed by atoms with E-state index in [1.807, 2.05) is 121 Å². The molecule has 3 N–H and O–H groups in total. The molecule has 1 saturated heterocycles. The van der Waals surface area contributed by atoms with E-state index >= 15 is 0 Å².